The van der Waals surface area contributed by atoms with Gasteiger partial charge in [0.15, 0.2) is 11.5 Å². The van der Waals surface area contributed by atoms with Gasteiger partial charge in [-0.05, 0) is 29.8 Å². The molecule has 0 aliphatic carbocycles. The van der Waals surface area contributed by atoms with Gasteiger partial charge in [-0.15, -0.1) is 0 Å². The molecule has 0 N–H and O–H groups in total. The lowest BCUT2D eigenvalue weighted by atomic mass is 10.0. The Kier molecular flexibility index (Phi) is 5.18. The van der Waals surface area contributed by atoms with Crippen molar-refractivity contribution in [3.05, 3.63) is 57.8 Å². The van der Waals surface area contributed by atoms with Crippen LogP contribution >= 0.6 is 15.9 Å². The van der Waals surface area contributed by atoms with Gasteiger partial charge in [0.05, 0.1) is 25.9 Å². The van der Waals surface area contributed by atoms with E-state index in [0.29, 0.717) is 21.5 Å². The molecule has 2 rings (SSSR count). The first-order valence-corrected chi connectivity index (χ1v) is 7.18. The zero-order chi connectivity index (χ0) is 16.1. The molecule has 0 bridgehead atoms. The predicted molar refractivity (Wildman–Crippen MR) is 87.1 cm³/mol. The van der Waals surface area contributed by atoms with Crippen molar-refractivity contribution in [3.63, 3.8) is 0 Å². The van der Waals surface area contributed by atoms with Crippen LogP contribution in [-0.2, 0) is 0 Å². The van der Waals surface area contributed by atoms with E-state index in [1.54, 1.807) is 43.5 Å². The Morgan fingerprint density at radius 2 is 1.82 bits per heavy atom. The second kappa shape index (κ2) is 7.10. The maximum atomic E-state index is 13.8. The molecule has 0 amide bonds. The molecule has 112 valence electrons. The summed E-state index contributed by atoms with van der Waals surface area (Å²) in [6, 6.07) is 11.7. The standard InChI is InChI=1S/C17H13BrFNO2/c1-21-16-8-11(14(18)9-17(16)22-2)7-12(10-20)13-5-3-4-6-15(13)19/h3-9H,1-2H3/b12-7-. The molecule has 0 unspecified atom stereocenters. The van der Waals surface area contributed by atoms with Crippen LogP contribution in [0, 0.1) is 17.1 Å². The van der Waals surface area contributed by atoms with E-state index in [1.165, 1.54) is 13.2 Å². The molecule has 2 aromatic carbocycles. The van der Waals surface area contributed by atoms with Crippen LogP contribution in [0.2, 0.25) is 0 Å². The summed E-state index contributed by atoms with van der Waals surface area (Å²) in [5.41, 5.74) is 1.18. The highest BCUT2D eigenvalue weighted by atomic mass is 79.9. The lowest BCUT2D eigenvalue weighted by molar-refractivity contribution is 0.354. The van der Waals surface area contributed by atoms with E-state index in [-0.39, 0.29) is 11.1 Å². The molecule has 0 fully saturated rings. The van der Waals surface area contributed by atoms with E-state index in [4.69, 9.17) is 9.47 Å². The van der Waals surface area contributed by atoms with E-state index >= 15 is 0 Å². The topological polar surface area (TPSA) is 42.2 Å². The lowest BCUT2D eigenvalue weighted by Crippen LogP contribution is -1.93. The molecule has 0 radical (unpaired) electrons. The SMILES string of the molecule is COc1cc(Br)c(/C=C(/C#N)c2ccccc2F)cc1OC. The van der Waals surface area contributed by atoms with Crippen molar-refractivity contribution < 1.29 is 13.9 Å². The molecule has 0 aromatic heterocycles. The summed E-state index contributed by atoms with van der Waals surface area (Å²) in [4.78, 5) is 0. The first kappa shape index (κ1) is 16.1. The smallest absolute Gasteiger partial charge is 0.161 e. The number of nitrogens with zero attached hydrogens (tertiary/aromatic N) is 1. The van der Waals surface area contributed by atoms with Gasteiger partial charge in [-0.1, -0.05) is 34.1 Å². The summed E-state index contributed by atoms with van der Waals surface area (Å²) in [6.45, 7) is 0. The second-order valence-corrected chi connectivity index (χ2v) is 5.23. The Balaban J connectivity index is 2.56. The number of halogens is 2. The number of ether oxygens (including phenoxy) is 2. The van der Waals surface area contributed by atoms with Crippen LogP contribution in [0.4, 0.5) is 4.39 Å². The van der Waals surface area contributed by atoms with Gasteiger partial charge in [-0.2, -0.15) is 5.26 Å². The van der Waals surface area contributed by atoms with Crippen molar-refractivity contribution in [1.82, 2.24) is 0 Å². The van der Waals surface area contributed by atoms with Gasteiger partial charge in [0.25, 0.3) is 0 Å². The van der Waals surface area contributed by atoms with E-state index in [2.05, 4.69) is 15.9 Å². The molecule has 2 aromatic rings. The van der Waals surface area contributed by atoms with Gasteiger partial charge in [-0.3, -0.25) is 0 Å². The summed E-state index contributed by atoms with van der Waals surface area (Å²) in [5, 5.41) is 9.33. The summed E-state index contributed by atoms with van der Waals surface area (Å²) in [6.07, 6.45) is 1.60. The van der Waals surface area contributed by atoms with Gasteiger partial charge in [0, 0.05) is 10.0 Å². The van der Waals surface area contributed by atoms with Gasteiger partial charge >= 0.3 is 0 Å². The Labute approximate surface area is 136 Å². The molecule has 0 heterocycles. The summed E-state index contributed by atoms with van der Waals surface area (Å²) in [5.74, 6) is 0.658. The van der Waals surface area contributed by atoms with E-state index in [1.807, 2.05) is 6.07 Å². The normalized spacial score (nSPS) is 11.0. The van der Waals surface area contributed by atoms with Crippen molar-refractivity contribution in [2.45, 2.75) is 0 Å². The molecule has 0 aliphatic rings. The minimum Gasteiger partial charge on any atom is -0.493 e. The fourth-order valence-corrected chi connectivity index (χ4v) is 2.42. The molecule has 0 spiro atoms. The van der Waals surface area contributed by atoms with E-state index < -0.39 is 5.82 Å². The van der Waals surface area contributed by atoms with Gasteiger partial charge in [0.2, 0.25) is 0 Å². The third kappa shape index (κ3) is 3.29. The Morgan fingerprint density at radius 3 is 2.41 bits per heavy atom. The van der Waals surface area contributed by atoms with Crippen LogP contribution in [0.1, 0.15) is 11.1 Å². The molecular formula is C17H13BrFNO2. The van der Waals surface area contributed by atoms with Crippen LogP contribution < -0.4 is 9.47 Å². The average molecular weight is 362 g/mol. The maximum Gasteiger partial charge on any atom is 0.161 e. The fourth-order valence-electron chi connectivity index (χ4n) is 1.99. The molecule has 0 saturated heterocycles. The zero-order valence-corrected chi connectivity index (χ0v) is 13.6. The number of allylic oxidation sites excluding steroid dienone is 1. The monoisotopic (exact) mass is 361 g/mol. The highest BCUT2D eigenvalue weighted by molar-refractivity contribution is 9.10. The largest absolute Gasteiger partial charge is 0.493 e. The van der Waals surface area contributed by atoms with Crippen LogP contribution in [0.5, 0.6) is 11.5 Å². The molecule has 3 nitrogen and oxygen atoms in total. The highest BCUT2D eigenvalue weighted by Gasteiger charge is 2.11. The minimum atomic E-state index is -0.438. The van der Waals surface area contributed by atoms with Gasteiger partial charge < -0.3 is 9.47 Å². The number of nitriles is 1. The number of hydrogen-bond acceptors (Lipinski definition) is 3. The molecular weight excluding hydrogens is 349 g/mol. The zero-order valence-electron chi connectivity index (χ0n) is 12.1. The van der Waals surface area contributed by atoms with Crippen molar-refractivity contribution in [2.75, 3.05) is 14.2 Å². The predicted octanol–water partition coefficient (Wildman–Crippen LogP) is 4.67. The van der Waals surface area contributed by atoms with E-state index in [0.717, 1.165) is 0 Å². The second-order valence-electron chi connectivity index (χ2n) is 4.38. The lowest BCUT2D eigenvalue weighted by Gasteiger charge is -2.10. The molecule has 22 heavy (non-hydrogen) atoms. The van der Waals surface area contributed by atoms with Crippen molar-refractivity contribution in [1.29, 1.82) is 5.26 Å². The van der Waals surface area contributed by atoms with Gasteiger partial charge in [0.1, 0.15) is 5.82 Å². The molecule has 5 heteroatoms. The van der Waals surface area contributed by atoms with Crippen LogP contribution in [0.3, 0.4) is 0 Å². The summed E-state index contributed by atoms with van der Waals surface area (Å²) < 4.78 is 25.0. The number of methoxy groups -OCH3 is 2. The average Bonchev–Trinajstić information content (AvgIpc) is 2.54. The van der Waals surface area contributed by atoms with Crippen LogP contribution in [0.25, 0.3) is 11.6 Å². The fraction of sp³-hybridized carbons (Fsp3) is 0.118. The first-order chi connectivity index (χ1) is 10.6. The number of rotatable bonds is 4. The summed E-state index contributed by atoms with van der Waals surface area (Å²) >= 11 is 3.42. The van der Waals surface area contributed by atoms with Crippen LogP contribution in [0.15, 0.2) is 40.9 Å². The van der Waals surface area contributed by atoms with Gasteiger partial charge in [-0.25, -0.2) is 4.39 Å². The molecule has 0 aliphatic heterocycles. The number of hydrogen-bond donors (Lipinski definition) is 0. The van der Waals surface area contributed by atoms with Crippen LogP contribution in [-0.4, -0.2) is 14.2 Å². The molecule has 0 atom stereocenters. The first-order valence-electron chi connectivity index (χ1n) is 6.39. The molecule has 0 saturated carbocycles. The van der Waals surface area contributed by atoms with Crippen molar-refractivity contribution >= 4 is 27.6 Å². The Hall–Kier alpha value is -2.32. The Bertz CT molecular complexity index is 766. The minimum absolute atomic E-state index is 0.228. The maximum absolute atomic E-state index is 13.8. The van der Waals surface area contributed by atoms with Crippen molar-refractivity contribution in [2.24, 2.45) is 0 Å². The third-order valence-corrected chi connectivity index (χ3v) is 3.77. The quantitative estimate of drug-likeness (QED) is 0.586. The van der Waals surface area contributed by atoms with E-state index in [9.17, 15) is 9.65 Å². The Morgan fingerprint density at radius 1 is 1.18 bits per heavy atom. The summed E-state index contributed by atoms with van der Waals surface area (Å²) in [7, 11) is 3.07. The van der Waals surface area contributed by atoms with Crippen molar-refractivity contribution in [3.8, 4) is 17.6 Å². The number of benzene rings is 2. The third-order valence-electron chi connectivity index (χ3n) is 3.09. The highest BCUT2D eigenvalue weighted by Crippen LogP contribution is 2.35.